The van der Waals surface area contributed by atoms with Gasteiger partial charge < -0.3 is 20.1 Å². The SMILES string of the molecule is CCOC(=O)NC(CNC(=O)C1CCCO1)CC(C)C. The van der Waals surface area contributed by atoms with E-state index in [0.717, 1.165) is 19.3 Å². The van der Waals surface area contributed by atoms with Crippen LogP contribution in [0.3, 0.4) is 0 Å². The molecule has 1 saturated heterocycles. The number of hydrogen-bond donors (Lipinski definition) is 2. The lowest BCUT2D eigenvalue weighted by Gasteiger charge is -2.21. The van der Waals surface area contributed by atoms with Crippen LogP contribution in [0.1, 0.15) is 40.0 Å². The van der Waals surface area contributed by atoms with Gasteiger partial charge >= 0.3 is 6.09 Å². The highest BCUT2D eigenvalue weighted by Gasteiger charge is 2.24. The predicted molar refractivity (Wildman–Crippen MR) is 75.4 cm³/mol. The molecule has 0 aromatic carbocycles. The molecule has 0 saturated carbocycles. The first kappa shape index (κ1) is 16.8. The van der Waals surface area contributed by atoms with E-state index in [1.807, 2.05) is 0 Å². The summed E-state index contributed by atoms with van der Waals surface area (Å²) in [6, 6.07) is -0.126. The quantitative estimate of drug-likeness (QED) is 0.742. The van der Waals surface area contributed by atoms with Crippen molar-refractivity contribution < 1.29 is 19.1 Å². The molecule has 6 heteroatoms. The summed E-state index contributed by atoms with van der Waals surface area (Å²) in [6.07, 6.45) is 1.70. The Hall–Kier alpha value is -1.30. The Bertz CT molecular complexity index is 314. The van der Waals surface area contributed by atoms with Crippen molar-refractivity contribution in [2.45, 2.75) is 52.2 Å². The molecule has 2 unspecified atom stereocenters. The van der Waals surface area contributed by atoms with Gasteiger partial charge in [0, 0.05) is 19.2 Å². The van der Waals surface area contributed by atoms with E-state index in [4.69, 9.17) is 9.47 Å². The molecule has 0 aliphatic carbocycles. The lowest BCUT2D eigenvalue weighted by atomic mass is 10.0. The summed E-state index contributed by atoms with van der Waals surface area (Å²) in [5.41, 5.74) is 0. The first-order valence-corrected chi connectivity index (χ1v) is 7.35. The summed E-state index contributed by atoms with van der Waals surface area (Å²) >= 11 is 0. The maximum Gasteiger partial charge on any atom is 0.407 e. The van der Waals surface area contributed by atoms with Crippen molar-refractivity contribution in [3.05, 3.63) is 0 Å². The van der Waals surface area contributed by atoms with E-state index in [-0.39, 0.29) is 18.1 Å². The maximum absolute atomic E-state index is 11.9. The van der Waals surface area contributed by atoms with Crippen molar-refractivity contribution in [3.63, 3.8) is 0 Å². The van der Waals surface area contributed by atoms with E-state index in [2.05, 4.69) is 24.5 Å². The Morgan fingerprint density at radius 3 is 2.70 bits per heavy atom. The minimum atomic E-state index is -0.440. The molecule has 0 aromatic rings. The van der Waals surface area contributed by atoms with Crippen LogP contribution in [0.2, 0.25) is 0 Å². The fourth-order valence-corrected chi connectivity index (χ4v) is 2.22. The molecular formula is C14H26N2O4. The third kappa shape index (κ3) is 6.23. The number of rotatable bonds is 7. The van der Waals surface area contributed by atoms with Crippen LogP contribution in [0, 0.1) is 5.92 Å². The summed E-state index contributed by atoms with van der Waals surface area (Å²) in [4.78, 5) is 23.3. The zero-order valence-corrected chi connectivity index (χ0v) is 12.6. The van der Waals surface area contributed by atoms with E-state index >= 15 is 0 Å². The lowest BCUT2D eigenvalue weighted by molar-refractivity contribution is -0.130. The molecule has 6 nitrogen and oxygen atoms in total. The van der Waals surface area contributed by atoms with E-state index in [9.17, 15) is 9.59 Å². The lowest BCUT2D eigenvalue weighted by Crippen LogP contribution is -2.46. The Balaban J connectivity index is 2.38. The van der Waals surface area contributed by atoms with Crippen molar-refractivity contribution >= 4 is 12.0 Å². The molecule has 1 rings (SSSR count). The van der Waals surface area contributed by atoms with Gasteiger partial charge in [-0.1, -0.05) is 13.8 Å². The Morgan fingerprint density at radius 2 is 2.15 bits per heavy atom. The second-order valence-electron chi connectivity index (χ2n) is 5.44. The molecule has 20 heavy (non-hydrogen) atoms. The van der Waals surface area contributed by atoms with Crippen LogP contribution in [0.4, 0.5) is 4.79 Å². The normalized spacial score (nSPS) is 19.7. The van der Waals surface area contributed by atoms with Gasteiger partial charge in [0.1, 0.15) is 6.10 Å². The van der Waals surface area contributed by atoms with E-state index in [0.29, 0.717) is 25.7 Å². The molecule has 2 amide bonds. The molecule has 1 aliphatic heterocycles. The monoisotopic (exact) mass is 286 g/mol. The van der Waals surface area contributed by atoms with Gasteiger partial charge in [-0.2, -0.15) is 0 Å². The maximum atomic E-state index is 11.9. The summed E-state index contributed by atoms with van der Waals surface area (Å²) in [5, 5.41) is 5.62. The van der Waals surface area contributed by atoms with E-state index in [1.165, 1.54) is 0 Å². The zero-order valence-electron chi connectivity index (χ0n) is 12.6. The van der Waals surface area contributed by atoms with Crippen molar-refractivity contribution in [2.75, 3.05) is 19.8 Å². The molecule has 116 valence electrons. The largest absolute Gasteiger partial charge is 0.450 e. The summed E-state index contributed by atoms with van der Waals surface area (Å²) in [5.74, 6) is 0.323. The zero-order chi connectivity index (χ0) is 15.0. The van der Waals surface area contributed by atoms with Gasteiger partial charge in [-0.25, -0.2) is 4.79 Å². The molecule has 0 spiro atoms. The number of carbonyl (C=O) groups is 2. The molecule has 1 heterocycles. The topological polar surface area (TPSA) is 76.7 Å². The molecule has 2 atom stereocenters. The van der Waals surface area contributed by atoms with Gasteiger partial charge in [0.15, 0.2) is 0 Å². The van der Waals surface area contributed by atoms with Gasteiger partial charge in [-0.15, -0.1) is 0 Å². The van der Waals surface area contributed by atoms with Crippen LogP contribution in [0.25, 0.3) is 0 Å². The molecule has 0 aromatic heterocycles. The average molecular weight is 286 g/mol. The summed E-state index contributed by atoms with van der Waals surface area (Å²) < 4.78 is 10.2. The van der Waals surface area contributed by atoms with Crippen LogP contribution in [-0.4, -0.2) is 43.9 Å². The number of amides is 2. The van der Waals surface area contributed by atoms with Crippen LogP contribution in [0.5, 0.6) is 0 Å². The standard InChI is InChI=1S/C14H26N2O4/c1-4-19-14(18)16-11(8-10(2)3)9-15-13(17)12-6-5-7-20-12/h10-12H,4-9H2,1-3H3,(H,15,17)(H,16,18). The second-order valence-corrected chi connectivity index (χ2v) is 5.44. The molecule has 0 radical (unpaired) electrons. The highest BCUT2D eigenvalue weighted by molar-refractivity contribution is 5.81. The number of carbonyl (C=O) groups excluding carboxylic acids is 2. The van der Waals surface area contributed by atoms with Gasteiger partial charge in [0.05, 0.1) is 6.61 Å². The Morgan fingerprint density at radius 1 is 1.40 bits per heavy atom. The fourth-order valence-electron chi connectivity index (χ4n) is 2.22. The van der Waals surface area contributed by atoms with Crippen molar-refractivity contribution in [1.29, 1.82) is 0 Å². The summed E-state index contributed by atoms with van der Waals surface area (Å²) in [7, 11) is 0. The van der Waals surface area contributed by atoms with Crippen molar-refractivity contribution in [2.24, 2.45) is 5.92 Å². The molecule has 0 bridgehead atoms. The van der Waals surface area contributed by atoms with E-state index in [1.54, 1.807) is 6.92 Å². The van der Waals surface area contributed by atoms with Crippen LogP contribution in [0.15, 0.2) is 0 Å². The first-order chi connectivity index (χ1) is 9.52. The Kier molecular flexibility index (Phi) is 7.36. The van der Waals surface area contributed by atoms with Gasteiger partial charge in [-0.05, 0) is 32.1 Å². The minimum Gasteiger partial charge on any atom is -0.450 e. The fraction of sp³-hybridized carbons (Fsp3) is 0.857. The second kappa shape index (κ2) is 8.79. The summed E-state index contributed by atoms with van der Waals surface area (Å²) in [6.45, 7) is 7.28. The third-order valence-electron chi connectivity index (χ3n) is 3.10. The molecule has 1 fully saturated rings. The van der Waals surface area contributed by atoms with E-state index < -0.39 is 6.09 Å². The predicted octanol–water partition coefficient (Wildman–Crippen LogP) is 1.44. The van der Waals surface area contributed by atoms with Gasteiger partial charge in [-0.3, -0.25) is 4.79 Å². The van der Waals surface area contributed by atoms with Gasteiger partial charge in [0.2, 0.25) is 5.91 Å². The number of alkyl carbamates (subject to hydrolysis) is 1. The van der Waals surface area contributed by atoms with Crippen LogP contribution >= 0.6 is 0 Å². The first-order valence-electron chi connectivity index (χ1n) is 7.35. The molecule has 2 N–H and O–H groups in total. The smallest absolute Gasteiger partial charge is 0.407 e. The molecular weight excluding hydrogens is 260 g/mol. The average Bonchev–Trinajstić information content (AvgIpc) is 2.89. The minimum absolute atomic E-state index is 0.0954. The highest BCUT2D eigenvalue weighted by atomic mass is 16.5. The van der Waals surface area contributed by atoms with Crippen LogP contribution in [-0.2, 0) is 14.3 Å². The number of nitrogens with one attached hydrogen (secondary N) is 2. The third-order valence-corrected chi connectivity index (χ3v) is 3.10. The van der Waals surface area contributed by atoms with Crippen molar-refractivity contribution in [3.8, 4) is 0 Å². The van der Waals surface area contributed by atoms with Gasteiger partial charge in [0.25, 0.3) is 0 Å². The van der Waals surface area contributed by atoms with Crippen LogP contribution < -0.4 is 10.6 Å². The Labute approximate surface area is 120 Å². The number of hydrogen-bond acceptors (Lipinski definition) is 4. The molecule has 1 aliphatic rings. The highest BCUT2D eigenvalue weighted by Crippen LogP contribution is 2.12. The van der Waals surface area contributed by atoms with Crippen molar-refractivity contribution in [1.82, 2.24) is 10.6 Å². The number of ether oxygens (including phenoxy) is 2.